The molecule has 0 radical (unpaired) electrons. The Bertz CT molecular complexity index is 795. The van der Waals surface area contributed by atoms with Crippen molar-refractivity contribution < 1.29 is 4.79 Å². The maximum absolute atomic E-state index is 11.8. The minimum absolute atomic E-state index is 0.399. The normalized spacial score (nSPS) is 11.6. The fraction of sp³-hybridized carbons (Fsp3) is 0.853. The zero-order valence-corrected chi connectivity index (χ0v) is 26.5. The number of unbranched alkanes of at least 4 members (excludes halogenated alkanes) is 13. The van der Waals surface area contributed by atoms with Gasteiger partial charge in [0.1, 0.15) is 17.7 Å². The molecule has 1 rings (SSSR count). The van der Waals surface area contributed by atoms with Crippen molar-refractivity contribution >= 4 is 17.7 Å². The van der Waals surface area contributed by atoms with E-state index in [4.69, 9.17) is 0 Å². The Morgan fingerprint density at radius 2 is 1.10 bits per heavy atom. The molecule has 6 nitrogen and oxygen atoms in total. The third-order valence-electron chi connectivity index (χ3n) is 8.43. The molecule has 1 aromatic rings. The molecule has 0 saturated carbocycles. The lowest BCUT2D eigenvalue weighted by atomic mass is 9.90. The van der Waals surface area contributed by atoms with Gasteiger partial charge in [0.2, 0.25) is 0 Å². The highest BCUT2D eigenvalue weighted by molar-refractivity contribution is 5.73. The molecule has 0 spiro atoms. The van der Waals surface area contributed by atoms with Crippen LogP contribution in [0.1, 0.15) is 149 Å². The Morgan fingerprint density at radius 3 is 1.65 bits per heavy atom. The van der Waals surface area contributed by atoms with Gasteiger partial charge in [0.25, 0.3) is 10.9 Å². The first-order valence-corrected chi connectivity index (χ1v) is 17.0. The predicted octanol–water partition coefficient (Wildman–Crippen LogP) is 8.09. The van der Waals surface area contributed by atoms with E-state index in [1.54, 1.807) is 7.05 Å². The summed E-state index contributed by atoms with van der Waals surface area (Å²) in [5.74, 6) is 0.969. The Hall–Kier alpha value is -1.69. The van der Waals surface area contributed by atoms with Crippen molar-refractivity contribution in [1.82, 2.24) is 4.90 Å². The van der Waals surface area contributed by atoms with Crippen molar-refractivity contribution in [3.8, 4) is 0 Å². The van der Waals surface area contributed by atoms with Crippen LogP contribution in [0.2, 0.25) is 0 Å². The number of aldehydes is 1. The average Bonchev–Trinajstić information content (AvgIpc) is 2.97. The molecule has 0 aliphatic carbocycles. The van der Waals surface area contributed by atoms with E-state index in [1.165, 1.54) is 109 Å². The molecule has 0 fully saturated rings. The van der Waals surface area contributed by atoms with Crippen molar-refractivity contribution in [2.24, 2.45) is 5.92 Å². The van der Waals surface area contributed by atoms with Gasteiger partial charge >= 0.3 is 0 Å². The molecule has 0 bridgehead atoms. The number of carbonyl (C=O) groups excluding carboxylic acids is 1. The van der Waals surface area contributed by atoms with Gasteiger partial charge in [-0.15, -0.1) is 0 Å². The third kappa shape index (κ3) is 16.5. The van der Waals surface area contributed by atoms with Crippen LogP contribution in [0.5, 0.6) is 0 Å². The summed E-state index contributed by atoms with van der Waals surface area (Å²) < 4.78 is 0. The largest absolute Gasteiger partial charge is 0.383 e. The summed E-state index contributed by atoms with van der Waals surface area (Å²) in [6, 6.07) is 0. The summed E-state index contributed by atoms with van der Waals surface area (Å²) in [5.41, 5.74) is 0.0579. The Balaban J connectivity index is 2.24. The number of hydrogen-bond acceptors (Lipinski definition) is 6. The molecule has 0 atom stereocenters. The molecule has 0 saturated heterocycles. The molecule has 40 heavy (non-hydrogen) atoms. The van der Waals surface area contributed by atoms with E-state index < -0.39 is 10.9 Å². The van der Waals surface area contributed by atoms with Gasteiger partial charge in [0, 0.05) is 20.0 Å². The van der Waals surface area contributed by atoms with Crippen molar-refractivity contribution in [3.05, 3.63) is 20.4 Å². The lowest BCUT2D eigenvalue weighted by Crippen LogP contribution is -2.37. The lowest BCUT2D eigenvalue weighted by Gasteiger charge is -2.23. The molecule has 0 unspecified atom stereocenters. The van der Waals surface area contributed by atoms with Crippen molar-refractivity contribution in [2.45, 2.75) is 149 Å². The smallest absolute Gasteiger partial charge is 0.253 e. The summed E-state index contributed by atoms with van der Waals surface area (Å²) in [4.78, 5) is 36.4. The first-order valence-electron chi connectivity index (χ1n) is 17.0. The van der Waals surface area contributed by atoms with Crippen molar-refractivity contribution in [1.29, 1.82) is 0 Å². The van der Waals surface area contributed by atoms with E-state index in [2.05, 4.69) is 29.4 Å². The maximum atomic E-state index is 11.8. The van der Waals surface area contributed by atoms with Crippen LogP contribution >= 0.6 is 0 Å². The van der Waals surface area contributed by atoms with Crippen LogP contribution in [0.3, 0.4) is 0 Å². The Labute approximate surface area is 246 Å². The fourth-order valence-electron chi connectivity index (χ4n) is 5.81. The zero-order chi connectivity index (χ0) is 29.3. The highest BCUT2D eigenvalue weighted by Gasteiger charge is 2.18. The standard InChI is InChI=1S/C34H63N3O3/c1-4-6-22-30(23-7-5-2)24-17-13-9-8-10-14-18-26-37(27-19-15-11-12-16-20-29-38)28-21-25-36-32-31(35-3)33(39)34(32)40/h29-30,35-36H,4-28H2,1-3H3. The van der Waals surface area contributed by atoms with Crippen LogP contribution in [0.4, 0.5) is 11.4 Å². The number of rotatable bonds is 30. The van der Waals surface area contributed by atoms with Gasteiger partial charge in [0.15, 0.2) is 0 Å². The van der Waals surface area contributed by atoms with E-state index >= 15 is 0 Å². The second-order valence-corrected chi connectivity index (χ2v) is 11.9. The van der Waals surface area contributed by atoms with Crippen molar-refractivity contribution in [3.63, 3.8) is 0 Å². The summed E-state index contributed by atoms with van der Waals surface area (Å²) in [6.45, 7) is 8.61. The number of hydrogen-bond donors (Lipinski definition) is 2. The van der Waals surface area contributed by atoms with E-state index in [0.717, 1.165) is 51.1 Å². The zero-order valence-electron chi connectivity index (χ0n) is 26.5. The molecule has 6 heteroatoms. The number of nitrogens with zero attached hydrogens (tertiary/aromatic N) is 1. The summed E-state index contributed by atoms with van der Waals surface area (Å²) in [5, 5.41) is 6.00. The van der Waals surface area contributed by atoms with E-state index in [0.29, 0.717) is 24.3 Å². The lowest BCUT2D eigenvalue weighted by molar-refractivity contribution is -0.107. The highest BCUT2D eigenvalue weighted by atomic mass is 16.2. The molecular weight excluding hydrogens is 498 g/mol. The van der Waals surface area contributed by atoms with Gasteiger partial charge in [-0.05, 0) is 51.2 Å². The van der Waals surface area contributed by atoms with Crippen molar-refractivity contribution in [2.75, 3.05) is 43.9 Å². The molecule has 1 aromatic carbocycles. The SMILES string of the molecule is CCCCC(CCCC)CCCCCCCCCN(CCCCCCCC=O)CCCNc1c(NC)c(=O)c1=O. The highest BCUT2D eigenvalue weighted by Crippen LogP contribution is 2.23. The van der Waals surface area contributed by atoms with Gasteiger partial charge in [-0.25, -0.2) is 0 Å². The topological polar surface area (TPSA) is 78.5 Å². The second kappa shape index (κ2) is 25.1. The second-order valence-electron chi connectivity index (χ2n) is 11.9. The summed E-state index contributed by atoms with van der Waals surface area (Å²) >= 11 is 0. The number of anilines is 2. The van der Waals surface area contributed by atoms with Crippen LogP contribution in [0, 0.1) is 5.92 Å². The molecule has 2 N–H and O–H groups in total. The minimum Gasteiger partial charge on any atom is -0.383 e. The maximum Gasteiger partial charge on any atom is 0.253 e. The summed E-state index contributed by atoms with van der Waals surface area (Å²) in [7, 11) is 1.68. The molecule has 0 aromatic heterocycles. The summed E-state index contributed by atoms with van der Waals surface area (Å²) in [6.07, 6.45) is 27.8. The Kier molecular flexibility index (Phi) is 22.8. The average molecular weight is 562 g/mol. The van der Waals surface area contributed by atoms with E-state index in [-0.39, 0.29) is 0 Å². The van der Waals surface area contributed by atoms with Crippen LogP contribution in [-0.4, -0.2) is 44.4 Å². The fourth-order valence-corrected chi connectivity index (χ4v) is 5.81. The van der Waals surface area contributed by atoms with Gasteiger partial charge in [0.05, 0.1) is 0 Å². The number of nitrogens with one attached hydrogen (secondary N) is 2. The number of carbonyl (C=O) groups is 1. The molecule has 0 aliphatic heterocycles. The molecule has 0 amide bonds. The van der Waals surface area contributed by atoms with Crippen LogP contribution in [-0.2, 0) is 4.79 Å². The molecule has 0 aliphatic rings. The third-order valence-corrected chi connectivity index (χ3v) is 8.43. The minimum atomic E-state index is -0.414. The predicted molar refractivity (Wildman–Crippen MR) is 174 cm³/mol. The molecular formula is C34H63N3O3. The molecule has 232 valence electrons. The monoisotopic (exact) mass is 561 g/mol. The van der Waals surface area contributed by atoms with Gasteiger partial charge < -0.3 is 20.3 Å². The van der Waals surface area contributed by atoms with Crippen LogP contribution < -0.4 is 21.5 Å². The molecule has 0 heterocycles. The Morgan fingerprint density at radius 1 is 0.625 bits per heavy atom. The van der Waals surface area contributed by atoms with Gasteiger partial charge in [-0.2, -0.15) is 0 Å². The first-order chi connectivity index (χ1) is 19.6. The van der Waals surface area contributed by atoms with Crippen LogP contribution in [0.25, 0.3) is 0 Å². The first kappa shape index (κ1) is 36.3. The van der Waals surface area contributed by atoms with Gasteiger partial charge in [-0.3, -0.25) is 9.59 Å². The van der Waals surface area contributed by atoms with Crippen LogP contribution in [0.15, 0.2) is 9.59 Å². The van der Waals surface area contributed by atoms with Gasteiger partial charge in [-0.1, -0.05) is 117 Å². The quantitative estimate of drug-likeness (QED) is 0.0561. The van der Waals surface area contributed by atoms with E-state index in [1.807, 2.05) is 0 Å². The van der Waals surface area contributed by atoms with E-state index in [9.17, 15) is 14.4 Å².